The predicted molar refractivity (Wildman–Crippen MR) is 63.4 cm³/mol. The summed E-state index contributed by atoms with van der Waals surface area (Å²) in [6.07, 6.45) is 0.784. The second-order valence-electron chi connectivity index (χ2n) is 3.23. The minimum atomic E-state index is 0.449. The Morgan fingerprint density at radius 2 is 2.27 bits per heavy atom. The van der Waals surface area contributed by atoms with Crippen molar-refractivity contribution in [2.24, 2.45) is 0 Å². The lowest BCUT2D eigenvalue weighted by Crippen LogP contribution is -1.89. The molecular weight excluding hydrogens is 256 g/mol. The molecule has 4 heteroatoms. The van der Waals surface area contributed by atoms with Crippen LogP contribution in [0, 0.1) is 0 Å². The summed E-state index contributed by atoms with van der Waals surface area (Å²) in [6, 6.07) is 7.93. The fourth-order valence-electron chi connectivity index (χ4n) is 1.53. The molecule has 0 amide bonds. The van der Waals surface area contributed by atoms with Gasteiger partial charge in [0.25, 0.3) is 0 Å². The lowest BCUT2D eigenvalue weighted by Gasteiger charge is -2.01. The maximum atomic E-state index is 5.78. The van der Waals surface area contributed by atoms with Crippen molar-refractivity contribution in [2.75, 3.05) is 5.73 Å². The number of hydrogen-bond donors (Lipinski definition) is 1. The van der Waals surface area contributed by atoms with Crippen LogP contribution in [0.4, 0.5) is 5.82 Å². The number of hydrogen-bond acceptors (Lipinski definition) is 3. The van der Waals surface area contributed by atoms with Gasteiger partial charge in [-0.1, -0.05) is 40.1 Å². The van der Waals surface area contributed by atoms with Gasteiger partial charge >= 0.3 is 0 Å². The first-order valence-corrected chi connectivity index (χ1v) is 5.51. The van der Waals surface area contributed by atoms with Crippen LogP contribution in [0.3, 0.4) is 0 Å². The van der Waals surface area contributed by atoms with Crippen LogP contribution >= 0.6 is 15.9 Å². The van der Waals surface area contributed by atoms with Crippen molar-refractivity contribution in [3.05, 3.63) is 34.5 Å². The van der Waals surface area contributed by atoms with Crippen molar-refractivity contribution < 1.29 is 4.52 Å². The smallest absolute Gasteiger partial charge is 0.175 e. The Bertz CT molecular complexity index is 479. The number of nitrogen functional groups attached to an aromatic ring is 1. The maximum Gasteiger partial charge on any atom is 0.175 e. The molecular formula is C11H11BrN2O. The summed E-state index contributed by atoms with van der Waals surface area (Å²) in [5, 5.41) is 3.78. The van der Waals surface area contributed by atoms with Gasteiger partial charge in [0.05, 0.1) is 5.56 Å². The highest BCUT2D eigenvalue weighted by atomic mass is 79.9. The predicted octanol–water partition coefficient (Wildman–Crippen LogP) is 3.25. The minimum absolute atomic E-state index is 0.449. The van der Waals surface area contributed by atoms with Crippen molar-refractivity contribution in [3.63, 3.8) is 0 Å². The van der Waals surface area contributed by atoms with Crippen molar-refractivity contribution in [1.82, 2.24) is 5.16 Å². The number of aryl methyl sites for hydroxylation is 1. The Morgan fingerprint density at radius 3 is 2.93 bits per heavy atom. The lowest BCUT2D eigenvalue weighted by molar-refractivity contribution is 0.390. The summed E-state index contributed by atoms with van der Waals surface area (Å²) in [4.78, 5) is 0. The molecule has 0 atom stereocenters. The van der Waals surface area contributed by atoms with Crippen molar-refractivity contribution >= 4 is 21.7 Å². The van der Waals surface area contributed by atoms with E-state index in [0.29, 0.717) is 5.82 Å². The highest BCUT2D eigenvalue weighted by Gasteiger charge is 2.13. The molecule has 1 heterocycles. The van der Waals surface area contributed by atoms with Crippen LogP contribution in [0.2, 0.25) is 0 Å². The lowest BCUT2D eigenvalue weighted by atomic mass is 10.1. The molecule has 0 saturated heterocycles. The van der Waals surface area contributed by atoms with Gasteiger partial charge in [-0.3, -0.25) is 0 Å². The molecule has 0 radical (unpaired) electrons. The number of nitrogens with zero attached hydrogens (tertiary/aromatic N) is 1. The molecule has 2 N–H and O–H groups in total. The molecule has 0 unspecified atom stereocenters. The first kappa shape index (κ1) is 10.2. The van der Waals surface area contributed by atoms with E-state index in [1.807, 2.05) is 31.2 Å². The van der Waals surface area contributed by atoms with Gasteiger partial charge in [-0.05, 0) is 17.7 Å². The van der Waals surface area contributed by atoms with Gasteiger partial charge in [0.2, 0.25) is 0 Å². The van der Waals surface area contributed by atoms with Crippen molar-refractivity contribution in [3.8, 4) is 11.1 Å². The molecule has 2 rings (SSSR count). The third-order valence-corrected chi connectivity index (χ3v) is 2.72. The largest absolute Gasteiger partial charge is 0.380 e. The molecule has 78 valence electrons. The van der Waals surface area contributed by atoms with Crippen LogP contribution in [0.25, 0.3) is 11.1 Å². The van der Waals surface area contributed by atoms with Crippen molar-refractivity contribution in [2.45, 2.75) is 13.3 Å². The van der Waals surface area contributed by atoms with Crippen LogP contribution in [0.5, 0.6) is 0 Å². The molecule has 0 bridgehead atoms. The number of halogens is 1. The summed E-state index contributed by atoms with van der Waals surface area (Å²) >= 11 is 3.43. The van der Waals surface area contributed by atoms with Crippen molar-refractivity contribution in [1.29, 1.82) is 0 Å². The quantitative estimate of drug-likeness (QED) is 0.908. The van der Waals surface area contributed by atoms with E-state index in [0.717, 1.165) is 27.8 Å². The summed E-state index contributed by atoms with van der Waals surface area (Å²) in [6.45, 7) is 2.02. The topological polar surface area (TPSA) is 52.0 Å². The average Bonchev–Trinajstić information content (AvgIpc) is 2.59. The molecule has 2 aromatic rings. The van der Waals surface area contributed by atoms with Gasteiger partial charge in [-0.25, -0.2) is 0 Å². The van der Waals surface area contributed by atoms with Crippen LogP contribution < -0.4 is 5.73 Å². The van der Waals surface area contributed by atoms with E-state index in [-0.39, 0.29) is 0 Å². The van der Waals surface area contributed by atoms with E-state index < -0.39 is 0 Å². The molecule has 0 fully saturated rings. The molecule has 0 saturated carbocycles. The number of benzene rings is 1. The van der Waals surface area contributed by atoms with Gasteiger partial charge in [-0.2, -0.15) is 0 Å². The average molecular weight is 267 g/mol. The second-order valence-corrected chi connectivity index (χ2v) is 4.15. The summed E-state index contributed by atoms with van der Waals surface area (Å²) in [5.74, 6) is 1.27. The Balaban J connectivity index is 2.57. The second kappa shape index (κ2) is 4.06. The Morgan fingerprint density at radius 1 is 1.47 bits per heavy atom. The fourth-order valence-corrected chi connectivity index (χ4v) is 1.93. The fraction of sp³-hybridized carbons (Fsp3) is 0.182. The molecule has 0 aliphatic rings. The van der Waals surface area contributed by atoms with Gasteiger partial charge in [0.1, 0.15) is 5.76 Å². The third-order valence-electron chi connectivity index (χ3n) is 2.22. The highest BCUT2D eigenvalue weighted by molar-refractivity contribution is 9.10. The monoisotopic (exact) mass is 266 g/mol. The van der Waals surface area contributed by atoms with E-state index in [4.69, 9.17) is 10.3 Å². The summed E-state index contributed by atoms with van der Waals surface area (Å²) in [7, 11) is 0. The summed E-state index contributed by atoms with van der Waals surface area (Å²) < 4.78 is 6.16. The third kappa shape index (κ3) is 1.90. The maximum absolute atomic E-state index is 5.78. The zero-order chi connectivity index (χ0) is 10.8. The Kier molecular flexibility index (Phi) is 2.77. The van der Waals surface area contributed by atoms with Gasteiger partial charge in [-0.15, -0.1) is 0 Å². The standard InChI is InChI=1S/C11H11BrN2O/c1-2-9-10(11(13)14-15-9)7-4-3-5-8(12)6-7/h3-6H,2H2,1H3,(H2,13,14). The Hall–Kier alpha value is -1.29. The van der Waals surface area contributed by atoms with Gasteiger partial charge in [0.15, 0.2) is 5.82 Å². The number of rotatable bonds is 2. The number of anilines is 1. The number of aromatic nitrogens is 1. The number of nitrogens with two attached hydrogens (primary N) is 1. The highest BCUT2D eigenvalue weighted by Crippen LogP contribution is 2.31. The minimum Gasteiger partial charge on any atom is -0.380 e. The molecule has 1 aromatic heterocycles. The normalized spacial score (nSPS) is 10.5. The molecule has 0 spiro atoms. The van der Waals surface area contributed by atoms with Crippen LogP contribution in [0.1, 0.15) is 12.7 Å². The molecule has 15 heavy (non-hydrogen) atoms. The molecule has 3 nitrogen and oxygen atoms in total. The van der Waals surface area contributed by atoms with E-state index in [9.17, 15) is 0 Å². The van der Waals surface area contributed by atoms with Gasteiger partial charge < -0.3 is 10.3 Å². The molecule has 1 aromatic carbocycles. The molecule has 0 aliphatic heterocycles. The molecule has 0 aliphatic carbocycles. The van der Waals surface area contributed by atoms with E-state index >= 15 is 0 Å². The zero-order valence-electron chi connectivity index (χ0n) is 8.33. The van der Waals surface area contributed by atoms with E-state index in [2.05, 4.69) is 21.1 Å². The Labute approximate surface area is 96.4 Å². The first-order valence-electron chi connectivity index (χ1n) is 4.72. The van der Waals surface area contributed by atoms with Crippen LogP contribution in [0.15, 0.2) is 33.3 Å². The first-order chi connectivity index (χ1) is 7.22. The van der Waals surface area contributed by atoms with Gasteiger partial charge in [0, 0.05) is 10.9 Å². The zero-order valence-corrected chi connectivity index (χ0v) is 9.91. The van der Waals surface area contributed by atoms with E-state index in [1.165, 1.54) is 0 Å². The van der Waals surface area contributed by atoms with Crippen LogP contribution in [-0.4, -0.2) is 5.16 Å². The van der Waals surface area contributed by atoms with Crippen LogP contribution in [-0.2, 0) is 6.42 Å². The SMILES string of the molecule is CCc1onc(N)c1-c1cccc(Br)c1. The van der Waals surface area contributed by atoms with E-state index in [1.54, 1.807) is 0 Å². The summed E-state index contributed by atoms with van der Waals surface area (Å²) in [5.41, 5.74) is 7.71.